The zero-order valence-corrected chi connectivity index (χ0v) is 10.2. The van der Waals surface area contributed by atoms with Gasteiger partial charge in [0.05, 0.1) is 19.0 Å². The summed E-state index contributed by atoms with van der Waals surface area (Å²) in [7, 11) is -2.93. The number of hydrogen-bond acceptors (Lipinski definition) is 4. The fraction of sp³-hybridized carbons (Fsp3) is 1.00. The molecule has 0 heterocycles. The zero-order valence-electron chi connectivity index (χ0n) is 9.40. The Bertz CT molecular complexity index is 299. The van der Waals surface area contributed by atoms with Crippen LogP contribution in [-0.2, 0) is 14.6 Å². The van der Waals surface area contributed by atoms with E-state index in [0.717, 1.165) is 6.42 Å². The van der Waals surface area contributed by atoms with Crippen molar-refractivity contribution in [2.45, 2.75) is 20.3 Å². The Morgan fingerprint density at radius 1 is 1.47 bits per heavy atom. The van der Waals surface area contributed by atoms with Crippen molar-refractivity contribution in [3.8, 4) is 0 Å². The highest BCUT2D eigenvalue weighted by atomic mass is 32.2. The topological polar surface area (TPSA) is 63.6 Å². The molecule has 1 saturated carbocycles. The van der Waals surface area contributed by atoms with Crippen LogP contribution in [0.3, 0.4) is 0 Å². The Morgan fingerprint density at radius 3 is 2.60 bits per heavy atom. The van der Waals surface area contributed by atoms with Gasteiger partial charge in [-0.3, -0.25) is 0 Å². The minimum Gasteiger partial charge on any atom is -0.396 e. The zero-order chi connectivity index (χ0) is 11.5. The van der Waals surface area contributed by atoms with E-state index in [4.69, 9.17) is 4.74 Å². The maximum atomic E-state index is 11.4. The number of rotatable bonds is 7. The molecule has 15 heavy (non-hydrogen) atoms. The van der Waals surface area contributed by atoms with Gasteiger partial charge in [-0.05, 0) is 19.3 Å². The van der Waals surface area contributed by atoms with Gasteiger partial charge in [0.2, 0.25) is 0 Å². The van der Waals surface area contributed by atoms with E-state index in [0.29, 0.717) is 13.2 Å². The molecule has 1 N–H and O–H groups in total. The maximum absolute atomic E-state index is 11.4. The first-order chi connectivity index (χ1) is 6.99. The molecule has 0 saturated heterocycles. The summed E-state index contributed by atoms with van der Waals surface area (Å²) < 4.78 is 28.1. The molecule has 0 aliphatic heterocycles. The van der Waals surface area contributed by atoms with Gasteiger partial charge in [-0.15, -0.1) is 0 Å². The van der Waals surface area contributed by atoms with Crippen LogP contribution in [0, 0.1) is 11.3 Å². The van der Waals surface area contributed by atoms with E-state index in [1.807, 2.05) is 6.92 Å². The van der Waals surface area contributed by atoms with E-state index >= 15 is 0 Å². The van der Waals surface area contributed by atoms with Gasteiger partial charge in [0.15, 0.2) is 0 Å². The lowest BCUT2D eigenvalue weighted by Gasteiger charge is -2.13. The van der Waals surface area contributed by atoms with Crippen LogP contribution in [0.4, 0.5) is 0 Å². The molecule has 1 aliphatic carbocycles. The minimum atomic E-state index is -2.93. The Balaban J connectivity index is 2.48. The Labute approximate surface area is 91.6 Å². The average molecular weight is 236 g/mol. The van der Waals surface area contributed by atoms with Gasteiger partial charge in [0, 0.05) is 17.8 Å². The molecule has 1 aliphatic rings. The van der Waals surface area contributed by atoms with Crippen molar-refractivity contribution in [3.63, 3.8) is 0 Å². The first kappa shape index (κ1) is 12.9. The molecule has 1 fully saturated rings. The SMILES string of the molecule is CCOC[C@]1(CO)C[C@@H]1CS(=O)(=O)CC. The Morgan fingerprint density at radius 2 is 2.13 bits per heavy atom. The molecule has 0 spiro atoms. The summed E-state index contributed by atoms with van der Waals surface area (Å²) in [6.07, 6.45) is 0.767. The second-order valence-electron chi connectivity index (χ2n) is 4.26. The predicted molar refractivity (Wildman–Crippen MR) is 58.4 cm³/mol. The highest BCUT2D eigenvalue weighted by molar-refractivity contribution is 7.91. The molecule has 0 bridgehead atoms. The van der Waals surface area contributed by atoms with Gasteiger partial charge < -0.3 is 9.84 Å². The second-order valence-corrected chi connectivity index (χ2v) is 6.66. The van der Waals surface area contributed by atoms with Crippen LogP contribution in [0.5, 0.6) is 0 Å². The van der Waals surface area contributed by atoms with E-state index in [2.05, 4.69) is 0 Å². The van der Waals surface area contributed by atoms with Gasteiger partial charge in [-0.1, -0.05) is 6.92 Å². The highest BCUT2D eigenvalue weighted by Crippen LogP contribution is 2.52. The molecule has 0 unspecified atom stereocenters. The van der Waals surface area contributed by atoms with E-state index in [9.17, 15) is 13.5 Å². The summed E-state index contributed by atoms with van der Waals surface area (Å²) in [5.74, 6) is 0.454. The lowest BCUT2D eigenvalue weighted by atomic mass is 10.1. The minimum absolute atomic E-state index is 0.0247. The van der Waals surface area contributed by atoms with Crippen LogP contribution in [0.15, 0.2) is 0 Å². The average Bonchev–Trinajstić information content (AvgIpc) is 2.88. The molecule has 0 aromatic heterocycles. The van der Waals surface area contributed by atoms with Crippen LogP contribution in [0.2, 0.25) is 0 Å². The van der Waals surface area contributed by atoms with Gasteiger partial charge in [0.25, 0.3) is 0 Å². The summed E-state index contributed by atoms with van der Waals surface area (Å²) in [5.41, 5.74) is -0.280. The van der Waals surface area contributed by atoms with Crippen molar-refractivity contribution >= 4 is 9.84 Å². The van der Waals surface area contributed by atoms with Crippen LogP contribution in [0.1, 0.15) is 20.3 Å². The van der Waals surface area contributed by atoms with Crippen molar-refractivity contribution in [2.24, 2.45) is 11.3 Å². The van der Waals surface area contributed by atoms with Crippen molar-refractivity contribution in [3.05, 3.63) is 0 Å². The molecule has 0 radical (unpaired) electrons. The smallest absolute Gasteiger partial charge is 0.150 e. The lowest BCUT2D eigenvalue weighted by Crippen LogP contribution is -2.22. The predicted octanol–water partition coefficient (Wildman–Crippen LogP) is 0.456. The summed E-state index contributed by atoms with van der Waals surface area (Å²) in [6, 6.07) is 0. The Kier molecular flexibility index (Phi) is 4.14. The fourth-order valence-corrected chi connectivity index (χ4v) is 3.13. The molecular weight excluding hydrogens is 216 g/mol. The summed E-state index contributed by atoms with van der Waals surface area (Å²) in [4.78, 5) is 0. The quantitative estimate of drug-likeness (QED) is 0.697. The van der Waals surface area contributed by atoms with Crippen molar-refractivity contribution < 1.29 is 18.3 Å². The van der Waals surface area contributed by atoms with E-state index in [-0.39, 0.29) is 29.4 Å². The van der Waals surface area contributed by atoms with E-state index in [1.54, 1.807) is 6.92 Å². The molecule has 0 aromatic carbocycles. The van der Waals surface area contributed by atoms with Crippen molar-refractivity contribution in [1.82, 2.24) is 0 Å². The lowest BCUT2D eigenvalue weighted by molar-refractivity contribution is 0.0619. The number of sulfone groups is 1. The maximum Gasteiger partial charge on any atom is 0.150 e. The van der Waals surface area contributed by atoms with Crippen molar-refractivity contribution in [2.75, 3.05) is 31.3 Å². The first-order valence-corrected chi connectivity index (χ1v) is 7.21. The normalized spacial score (nSPS) is 30.5. The summed E-state index contributed by atoms with van der Waals surface area (Å²) in [6.45, 7) is 4.65. The molecule has 0 amide bonds. The highest BCUT2D eigenvalue weighted by Gasteiger charge is 2.55. The number of aliphatic hydroxyl groups is 1. The van der Waals surface area contributed by atoms with Crippen LogP contribution in [-0.4, -0.2) is 44.9 Å². The van der Waals surface area contributed by atoms with Crippen LogP contribution < -0.4 is 0 Å². The third-order valence-electron chi connectivity index (χ3n) is 3.16. The number of aliphatic hydroxyl groups excluding tert-OH is 1. The molecule has 2 atom stereocenters. The van der Waals surface area contributed by atoms with Gasteiger partial charge in [0.1, 0.15) is 9.84 Å². The summed E-state index contributed by atoms with van der Waals surface area (Å²) >= 11 is 0. The largest absolute Gasteiger partial charge is 0.396 e. The van der Waals surface area contributed by atoms with Crippen molar-refractivity contribution in [1.29, 1.82) is 0 Å². The molecule has 1 rings (SSSR count). The number of hydrogen-bond donors (Lipinski definition) is 1. The third-order valence-corrected chi connectivity index (χ3v) is 4.95. The molecule has 5 heteroatoms. The Hall–Kier alpha value is -0.130. The molecular formula is C10H20O4S. The van der Waals surface area contributed by atoms with Gasteiger partial charge in [-0.25, -0.2) is 8.42 Å². The van der Waals surface area contributed by atoms with Crippen LogP contribution in [0.25, 0.3) is 0 Å². The van der Waals surface area contributed by atoms with Crippen LogP contribution >= 0.6 is 0 Å². The molecule has 90 valence electrons. The number of ether oxygens (including phenoxy) is 1. The molecule has 4 nitrogen and oxygen atoms in total. The van der Waals surface area contributed by atoms with E-state index < -0.39 is 9.84 Å². The van der Waals surface area contributed by atoms with Gasteiger partial charge in [-0.2, -0.15) is 0 Å². The fourth-order valence-electron chi connectivity index (χ4n) is 1.81. The first-order valence-electron chi connectivity index (χ1n) is 5.38. The molecule has 0 aromatic rings. The second kappa shape index (κ2) is 4.80. The monoisotopic (exact) mass is 236 g/mol. The third kappa shape index (κ3) is 3.16. The standard InChI is InChI=1S/C10H20O4S/c1-3-14-8-10(7-11)5-9(10)6-15(12,13)4-2/h9,11H,3-8H2,1-2H3/t9-,10-/m1/s1. The van der Waals surface area contributed by atoms with Gasteiger partial charge >= 0.3 is 0 Å². The summed E-state index contributed by atoms with van der Waals surface area (Å²) in [5, 5.41) is 9.25. The van der Waals surface area contributed by atoms with E-state index in [1.165, 1.54) is 0 Å².